The molecule has 39 heavy (non-hydrogen) atoms. The molecule has 2 aliphatic heterocycles. The molecular weight excluding hydrogens is 512 g/mol. The third-order valence-electron chi connectivity index (χ3n) is 5.90. The Kier molecular flexibility index (Phi) is 23.8. The van der Waals surface area contributed by atoms with Crippen molar-refractivity contribution in [3.63, 3.8) is 0 Å². The zero-order valence-electron chi connectivity index (χ0n) is 25.3. The molecule has 15 heteroatoms. The number of nitrogens with two attached hydrogens (primary N) is 4. The molecular formula is C24H54N8O7. The minimum atomic E-state index is -0.991. The molecule has 2 unspecified atom stereocenters. The Balaban J connectivity index is -0.0000000943. The van der Waals surface area contributed by atoms with E-state index in [9.17, 15) is 24.0 Å². The van der Waals surface area contributed by atoms with E-state index >= 15 is 0 Å². The number of carbonyl (C=O) groups excluding carboxylic acids is 5. The minimum absolute atomic E-state index is 0. The zero-order valence-corrected chi connectivity index (χ0v) is 25.3. The fourth-order valence-electron chi connectivity index (χ4n) is 1.91. The third-order valence-corrected chi connectivity index (χ3v) is 5.90. The number of hydrazone groups is 1. The first kappa shape index (κ1) is 42.8. The summed E-state index contributed by atoms with van der Waals surface area (Å²) in [7, 11) is 2.64. The number of ketones is 1. The topological polar surface area (TPSA) is 256 Å². The zero-order chi connectivity index (χ0) is 32.1. The normalized spacial score (nSPS) is 18.5. The highest BCUT2D eigenvalue weighted by molar-refractivity contribution is 6.10. The lowest BCUT2D eigenvalue weighted by molar-refractivity contribution is -0.155. The van der Waals surface area contributed by atoms with Crippen LogP contribution in [0.5, 0.6) is 0 Å². The number of nitrogens with zero attached hydrogens (tertiary/aromatic N) is 1. The van der Waals surface area contributed by atoms with Crippen molar-refractivity contribution >= 4 is 35.2 Å². The highest BCUT2D eigenvalue weighted by Gasteiger charge is 2.35. The first-order valence-electron chi connectivity index (χ1n) is 11.8. The average Bonchev–Trinajstić information content (AvgIpc) is 3.35. The number of amides is 2. The summed E-state index contributed by atoms with van der Waals surface area (Å²) in [4.78, 5) is 53.5. The third kappa shape index (κ3) is 15.7. The Hall–Kier alpha value is -3.24. The maximum Gasteiger partial charge on any atom is 0.333 e. The first-order chi connectivity index (χ1) is 17.9. The van der Waals surface area contributed by atoms with Gasteiger partial charge in [0.15, 0.2) is 0 Å². The average molecular weight is 569 g/mol. The Morgan fingerprint density at radius 1 is 1.03 bits per heavy atom. The number of esters is 2. The molecule has 0 spiro atoms. The number of carbonyl (C=O) groups is 5. The molecule has 2 rings (SSSR count). The van der Waals surface area contributed by atoms with E-state index in [1.54, 1.807) is 33.8 Å². The van der Waals surface area contributed by atoms with Crippen LogP contribution in [0.15, 0.2) is 16.8 Å². The number of Topliss-reactive ketones (excluding diaryl/α,β-unsaturated/α-hetero) is 1. The summed E-state index contributed by atoms with van der Waals surface area (Å²) >= 11 is 0. The molecule has 11 N–H and O–H groups in total. The van der Waals surface area contributed by atoms with Crippen molar-refractivity contribution in [3.05, 3.63) is 11.6 Å². The van der Waals surface area contributed by atoms with Crippen LogP contribution in [0.25, 0.3) is 0 Å². The van der Waals surface area contributed by atoms with E-state index in [0.29, 0.717) is 5.57 Å². The molecule has 2 amide bonds. The van der Waals surface area contributed by atoms with Gasteiger partial charge in [0.25, 0.3) is 5.91 Å². The van der Waals surface area contributed by atoms with Crippen molar-refractivity contribution in [2.24, 2.45) is 45.2 Å². The van der Waals surface area contributed by atoms with Crippen LogP contribution in [0.4, 0.5) is 0 Å². The number of hydrogen-bond donors (Lipinski definition) is 7. The van der Waals surface area contributed by atoms with E-state index < -0.39 is 11.4 Å². The van der Waals surface area contributed by atoms with Gasteiger partial charge in [-0.15, -0.1) is 0 Å². The van der Waals surface area contributed by atoms with Gasteiger partial charge in [0.1, 0.15) is 11.2 Å². The molecule has 0 aromatic heterocycles. The maximum absolute atomic E-state index is 10.9. The van der Waals surface area contributed by atoms with E-state index in [4.69, 9.17) is 0 Å². The second kappa shape index (κ2) is 21.7. The molecule has 1 saturated heterocycles. The predicted molar refractivity (Wildman–Crippen MR) is 154 cm³/mol. The Labute approximate surface area is 234 Å². The minimum Gasteiger partial charge on any atom is -0.468 e. The van der Waals surface area contributed by atoms with Crippen molar-refractivity contribution in [1.29, 1.82) is 0 Å². The number of allylic oxidation sites excluding steroid dienone is 1. The smallest absolute Gasteiger partial charge is 0.333 e. The molecule has 15 nitrogen and oxygen atoms in total. The van der Waals surface area contributed by atoms with E-state index in [0.717, 1.165) is 5.71 Å². The molecule has 2 atom stereocenters. The van der Waals surface area contributed by atoms with Gasteiger partial charge in [-0.25, -0.2) is 15.6 Å². The van der Waals surface area contributed by atoms with Crippen molar-refractivity contribution < 1.29 is 36.3 Å². The Morgan fingerprint density at radius 3 is 1.59 bits per heavy atom. The molecule has 0 radical (unpaired) electrons. The Morgan fingerprint density at radius 2 is 1.49 bits per heavy atom. The molecule has 2 aliphatic rings. The number of hydrogen-bond acceptors (Lipinski definition) is 13. The first-order valence-corrected chi connectivity index (χ1v) is 11.8. The van der Waals surface area contributed by atoms with Crippen molar-refractivity contribution in [3.8, 4) is 0 Å². The second-order valence-electron chi connectivity index (χ2n) is 9.11. The van der Waals surface area contributed by atoms with Crippen LogP contribution in [-0.2, 0) is 33.4 Å². The van der Waals surface area contributed by atoms with Crippen LogP contribution in [0, 0.1) is 16.7 Å². The van der Waals surface area contributed by atoms with Gasteiger partial charge in [0, 0.05) is 14.5 Å². The SMILES string of the molecule is C/C=C(\C)C(=O)OC.CC1=NNC(=O)C1(C)C.CC1NNC(=O)C1C.COC(=O)C(C)(C)C(C)=O.NN.NN.[2HH].[2HH]. The molecule has 1 fully saturated rings. The second-order valence-corrected chi connectivity index (χ2v) is 9.11. The summed E-state index contributed by atoms with van der Waals surface area (Å²) in [6.07, 6.45) is 1.71. The number of ether oxygens (including phenoxy) is 2. The van der Waals surface area contributed by atoms with Gasteiger partial charge in [-0.1, -0.05) is 13.0 Å². The fourth-order valence-corrected chi connectivity index (χ4v) is 1.91. The summed E-state index contributed by atoms with van der Waals surface area (Å²) in [5.74, 6) is 15.3. The molecule has 0 saturated carbocycles. The highest BCUT2D eigenvalue weighted by atomic mass is 16.5. The summed E-state index contributed by atoms with van der Waals surface area (Å²) in [5, 5.41) is 3.79. The van der Waals surface area contributed by atoms with Crippen LogP contribution in [-0.4, -0.2) is 55.5 Å². The van der Waals surface area contributed by atoms with Crippen LogP contribution in [0.2, 0.25) is 0 Å². The number of methoxy groups -OCH3 is 2. The fraction of sp³-hybridized carbons (Fsp3) is 0.667. The standard InChI is InChI=1S/C7H12O3.C6H10N2O.C6H10O2.C5H10N2O.2H4N2.2H2/c1-5(8)7(2,3)6(9)10-4;1-4-6(2,3)5(9)8-7-4;1-4-5(2)6(7)8-3;1-3-4(2)6-7-5(3)8;2*1-2;;/h1-4H3;1-3H3,(H,8,9);4H,1-3H3;3-4,6H,1-2H3,(H,7,8);2*1-2H2;2*1H/b;;5-4+;;;;;/i;;;;;;2*1+1. The van der Waals surface area contributed by atoms with Gasteiger partial charge in [-0.3, -0.25) is 48.0 Å². The Bertz CT molecular complexity index is 867. The van der Waals surface area contributed by atoms with Gasteiger partial charge >= 0.3 is 11.9 Å². The van der Waals surface area contributed by atoms with Crippen molar-refractivity contribution in [2.45, 2.75) is 75.3 Å². The number of rotatable bonds is 3. The van der Waals surface area contributed by atoms with E-state index in [1.165, 1.54) is 21.1 Å². The van der Waals surface area contributed by atoms with Crippen molar-refractivity contribution in [2.75, 3.05) is 14.2 Å². The van der Waals surface area contributed by atoms with Crippen molar-refractivity contribution in [1.82, 2.24) is 16.3 Å². The summed E-state index contributed by atoms with van der Waals surface area (Å²) < 4.78 is 8.81. The number of hydrazine groups is 3. The van der Waals surface area contributed by atoms with E-state index in [-0.39, 0.29) is 43.8 Å². The lowest BCUT2D eigenvalue weighted by Gasteiger charge is -2.16. The highest BCUT2D eigenvalue weighted by Crippen LogP contribution is 2.21. The lowest BCUT2D eigenvalue weighted by atomic mass is 9.89. The summed E-state index contributed by atoms with van der Waals surface area (Å²) in [6.45, 7) is 17.4. The van der Waals surface area contributed by atoms with E-state index in [1.807, 2.05) is 34.6 Å². The van der Waals surface area contributed by atoms with Gasteiger partial charge < -0.3 is 9.47 Å². The largest absolute Gasteiger partial charge is 0.468 e. The molecule has 0 bridgehead atoms. The van der Waals surface area contributed by atoms with Gasteiger partial charge in [-0.05, 0) is 62.3 Å². The molecule has 2 heterocycles. The summed E-state index contributed by atoms with van der Waals surface area (Å²) in [6, 6.07) is 0.280. The van der Waals surface area contributed by atoms with Crippen LogP contribution in [0.3, 0.4) is 0 Å². The number of nitrogens with one attached hydrogen (secondary N) is 3. The van der Waals surface area contributed by atoms with Crippen LogP contribution >= 0.6 is 0 Å². The molecule has 0 aliphatic carbocycles. The van der Waals surface area contributed by atoms with Gasteiger partial charge in [0.2, 0.25) is 5.91 Å². The quantitative estimate of drug-likeness (QED) is 0.0791. The monoisotopic (exact) mass is 568 g/mol. The lowest BCUT2D eigenvalue weighted by Crippen LogP contribution is -2.32. The molecule has 0 aromatic carbocycles. The maximum atomic E-state index is 10.9. The predicted octanol–water partition coefficient (Wildman–Crippen LogP) is 0.194. The van der Waals surface area contributed by atoms with E-state index in [2.05, 4.69) is 54.2 Å². The van der Waals surface area contributed by atoms with Gasteiger partial charge in [0.05, 0.1) is 31.3 Å². The van der Waals surface area contributed by atoms with Crippen LogP contribution in [0.1, 0.15) is 72.1 Å². The molecule has 232 valence electrons. The molecule has 0 aromatic rings. The summed E-state index contributed by atoms with van der Waals surface area (Å²) in [5.41, 5.74) is 7.88. The van der Waals surface area contributed by atoms with Crippen LogP contribution < -0.4 is 39.6 Å². The van der Waals surface area contributed by atoms with Gasteiger partial charge in [-0.2, -0.15) is 5.10 Å².